The van der Waals surface area contributed by atoms with E-state index in [1.54, 1.807) is 24.3 Å². The number of nitrogens with one attached hydrogen (secondary N) is 1. The van der Waals surface area contributed by atoms with E-state index < -0.39 is 0 Å². The van der Waals surface area contributed by atoms with Crippen LogP contribution in [0.5, 0.6) is 0 Å². The summed E-state index contributed by atoms with van der Waals surface area (Å²) in [6.45, 7) is 1.83. The average Bonchev–Trinajstić information content (AvgIpc) is 2.38. The van der Waals surface area contributed by atoms with Gasteiger partial charge in [0.25, 0.3) is 0 Å². The van der Waals surface area contributed by atoms with Gasteiger partial charge in [0.15, 0.2) is 0 Å². The van der Waals surface area contributed by atoms with Crippen molar-refractivity contribution < 1.29 is 9.18 Å². The number of halogens is 1. The van der Waals surface area contributed by atoms with Crippen molar-refractivity contribution in [2.24, 2.45) is 0 Å². The van der Waals surface area contributed by atoms with Gasteiger partial charge in [0.05, 0.1) is 12.5 Å². The maximum atomic E-state index is 13.1. The topological polar surface area (TPSA) is 55.1 Å². The van der Waals surface area contributed by atoms with Crippen molar-refractivity contribution in [3.05, 3.63) is 65.5 Å². The molecule has 0 aliphatic rings. The lowest BCUT2D eigenvalue weighted by Gasteiger charge is -2.14. The summed E-state index contributed by atoms with van der Waals surface area (Å²) >= 11 is 0. The van der Waals surface area contributed by atoms with Gasteiger partial charge >= 0.3 is 0 Å². The molecule has 0 heterocycles. The van der Waals surface area contributed by atoms with Crippen molar-refractivity contribution in [2.75, 3.05) is 5.73 Å². The zero-order valence-electron chi connectivity index (χ0n) is 11.3. The Bertz CT molecular complexity index is 613. The summed E-state index contributed by atoms with van der Waals surface area (Å²) in [5.41, 5.74) is 7.90. The summed E-state index contributed by atoms with van der Waals surface area (Å²) in [4.78, 5) is 11.9. The number of benzene rings is 2. The van der Waals surface area contributed by atoms with Gasteiger partial charge in [-0.05, 0) is 42.3 Å². The molecule has 2 aromatic carbocycles. The Morgan fingerprint density at radius 2 is 2.00 bits per heavy atom. The van der Waals surface area contributed by atoms with Gasteiger partial charge < -0.3 is 11.1 Å². The van der Waals surface area contributed by atoms with E-state index >= 15 is 0 Å². The highest BCUT2D eigenvalue weighted by atomic mass is 19.1. The molecular weight excluding hydrogens is 255 g/mol. The van der Waals surface area contributed by atoms with Gasteiger partial charge in [0.2, 0.25) is 5.91 Å². The normalized spacial score (nSPS) is 11.9. The number of hydrogen-bond acceptors (Lipinski definition) is 2. The fraction of sp³-hybridized carbons (Fsp3) is 0.188. The molecule has 0 fully saturated rings. The number of hydrogen-bond donors (Lipinski definition) is 2. The smallest absolute Gasteiger partial charge is 0.224 e. The van der Waals surface area contributed by atoms with Gasteiger partial charge in [-0.3, -0.25) is 4.79 Å². The summed E-state index contributed by atoms with van der Waals surface area (Å²) in [6, 6.07) is 13.2. The highest BCUT2D eigenvalue weighted by Gasteiger charge is 2.10. The van der Waals surface area contributed by atoms with Crippen molar-refractivity contribution in [1.29, 1.82) is 0 Å². The van der Waals surface area contributed by atoms with Crippen LogP contribution in [0.15, 0.2) is 48.5 Å². The van der Waals surface area contributed by atoms with E-state index in [1.165, 1.54) is 12.1 Å². The molecule has 4 heteroatoms. The second-order valence-corrected chi connectivity index (χ2v) is 4.77. The van der Waals surface area contributed by atoms with Crippen LogP contribution in [0.4, 0.5) is 10.1 Å². The molecule has 0 unspecified atom stereocenters. The minimum atomic E-state index is -0.306. The molecule has 1 atom stereocenters. The molecule has 104 valence electrons. The van der Waals surface area contributed by atoms with E-state index in [2.05, 4.69) is 5.32 Å². The van der Waals surface area contributed by atoms with E-state index in [1.807, 2.05) is 19.1 Å². The molecule has 2 aromatic rings. The van der Waals surface area contributed by atoms with E-state index in [0.29, 0.717) is 5.69 Å². The van der Waals surface area contributed by atoms with E-state index in [4.69, 9.17) is 5.73 Å². The molecule has 0 aliphatic heterocycles. The lowest BCUT2D eigenvalue weighted by Crippen LogP contribution is -2.28. The van der Waals surface area contributed by atoms with Gasteiger partial charge in [0.1, 0.15) is 5.82 Å². The van der Waals surface area contributed by atoms with Crippen molar-refractivity contribution >= 4 is 11.6 Å². The SMILES string of the molecule is C[C@H](NC(=O)Cc1cccc(N)c1)c1cccc(F)c1. The van der Waals surface area contributed by atoms with Gasteiger partial charge in [-0.2, -0.15) is 0 Å². The zero-order chi connectivity index (χ0) is 14.5. The Morgan fingerprint density at radius 1 is 1.25 bits per heavy atom. The number of carbonyl (C=O) groups excluding carboxylic acids is 1. The van der Waals surface area contributed by atoms with Crippen LogP contribution in [-0.4, -0.2) is 5.91 Å². The molecule has 0 spiro atoms. The van der Waals surface area contributed by atoms with E-state index in [9.17, 15) is 9.18 Å². The highest BCUT2D eigenvalue weighted by Crippen LogP contribution is 2.14. The third-order valence-electron chi connectivity index (χ3n) is 3.04. The summed E-state index contributed by atoms with van der Waals surface area (Å²) in [6.07, 6.45) is 0.255. The van der Waals surface area contributed by atoms with Crippen LogP contribution in [0.25, 0.3) is 0 Å². The maximum absolute atomic E-state index is 13.1. The molecule has 1 amide bonds. The van der Waals surface area contributed by atoms with Crippen LogP contribution in [0.2, 0.25) is 0 Å². The second kappa shape index (κ2) is 6.19. The Morgan fingerprint density at radius 3 is 2.70 bits per heavy atom. The maximum Gasteiger partial charge on any atom is 0.224 e. The minimum absolute atomic E-state index is 0.118. The van der Waals surface area contributed by atoms with Crippen LogP contribution >= 0.6 is 0 Å². The van der Waals surface area contributed by atoms with Crippen LogP contribution in [0.3, 0.4) is 0 Å². The largest absolute Gasteiger partial charge is 0.399 e. The molecule has 3 nitrogen and oxygen atoms in total. The van der Waals surface area contributed by atoms with Crippen LogP contribution in [0.1, 0.15) is 24.1 Å². The lowest BCUT2D eigenvalue weighted by atomic mass is 10.1. The molecule has 0 aliphatic carbocycles. The average molecular weight is 272 g/mol. The number of anilines is 1. The highest BCUT2D eigenvalue weighted by molar-refractivity contribution is 5.79. The molecule has 0 bridgehead atoms. The fourth-order valence-corrected chi connectivity index (χ4v) is 2.04. The van der Waals surface area contributed by atoms with Crippen molar-refractivity contribution in [2.45, 2.75) is 19.4 Å². The molecule has 0 radical (unpaired) electrons. The first-order valence-corrected chi connectivity index (χ1v) is 6.44. The first kappa shape index (κ1) is 14.1. The van der Waals surface area contributed by atoms with Gasteiger partial charge in [-0.1, -0.05) is 24.3 Å². The zero-order valence-corrected chi connectivity index (χ0v) is 11.3. The molecule has 20 heavy (non-hydrogen) atoms. The molecule has 2 rings (SSSR count). The minimum Gasteiger partial charge on any atom is -0.399 e. The number of carbonyl (C=O) groups is 1. The number of nitrogen functional groups attached to an aromatic ring is 1. The first-order chi connectivity index (χ1) is 9.54. The summed E-state index contributed by atoms with van der Waals surface area (Å²) in [7, 11) is 0. The Labute approximate surface area is 117 Å². The monoisotopic (exact) mass is 272 g/mol. The standard InChI is InChI=1S/C16H17FN2O/c1-11(13-5-3-6-14(17)10-13)19-16(20)9-12-4-2-7-15(18)8-12/h2-8,10-11H,9,18H2,1H3,(H,19,20)/t11-/m0/s1. The van der Waals surface area contributed by atoms with Gasteiger partial charge in [-0.25, -0.2) is 4.39 Å². The first-order valence-electron chi connectivity index (χ1n) is 6.44. The van der Waals surface area contributed by atoms with Gasteiger partial charge in [-0.15, -0.1) is 0 Å². The molecule has 0 saturated carbocycles. The number of nitrogens with two attached hydrogens (primary N) is 1. The number of rotatable bonds is 4. The summed E-state index contributed by atoms with van der Waals surface area (Å²) in [5, 5.41) is 2.84. The Balaban J connectivity index is 1.97. The second-order valence-electron chi connectivity index (χ2n) is 4.77. The Kier molecular flexibility index (Phi) is 4.35. The molecule has 0 aromatic heterocycles. The third kappa shape index (κ3) is 3.82. The Hall–Kier alpha value is -2.36. The van der Waals surface area contributed by atoms with E-state index in [-0.39, 0.29) is 24.2 Å². The predicted molar refractivity (Wildman–Crippen MR) is 77.5 cm³/mol. The molecular formula is C16H17FN2O. The fourth-order valence-electron chi connectivity index (χ4n) is 2.04. The predicted octanol–water partition coefficient (Wildman–Crippen LogP) is 2.83. The third-order valence-corrected chi connectivity index (χ3v) is 3.04. The van der Waals surface area contributed by atoms with Crippen LogP contribution in [-0.2, 0) is 11.2 Å². The quantitative estimate of drug-likeness (QED) is 0.841. The lowest BCUT2D eigenvalue weighted by molar-refractivity contribution is -0.121. The van der Waals surface area contributed by atoms with Crippen LogP contribution < -0.4 is 11.1 Å². The van der Waals surface area contributed by atoms with Crippen molar-refractivity contribution in [3.63, 3.8) is 0 Å². The number of amides is 1. The summed E-state index contributed by atoms with van der Waals surface area (Å²) < 4.78 is 13.1. The van der Waals surface area contributed by atoms with Gasteiger partial charge in [0, 0.05) is 5.69 Å². The van der Waals surface area contributed by atoms with E-state index in [0.717, 1.165) is 11.1 Å². The summed E-state index contributed by atoms with van der Waals surface area (Å²) in [5.74, 6) is -0.424. The van der Waals surface area contributed by atoms with Crippen LogP contribution in [0, 0.1) is 5.82 Å². The van der Waals surface area contributed by atoms with Crippen molar-refractivity contribution in [3.8, 4) is 0 Å². The molecule has 0 saturated heterocycles. The molecule has 3 N–H and O–H groups in total. The van der Waals surface area contributed by atoms with Crippen molar-refractivity contribution in [1.82, 2.24) is 5.32 Å².